The summed E-state index contributed by atoms with van der Waals surface area (Å²) in [5.41, 5.74) is 1.31. The summed E-state index contributed by atoms with van der Waals surface area (Å²) < 4.78 is 5.35. The van der Waals surface area contributed by atoms with Crippen molar-refractivity contribution < 1.29 is 4.52 Å². The zero-order valence-corrected chi connectivity index (χ0v) is 14.6. The molecule has 0 saturated carbocycles. The number of nitrogens with zero attached hydrogens (tertiary/aromatic N) is 4. The van der Waals surface area contributed by atoms with Crippen LogP contribution >= 0.6 is 11.3 Å². The van der Waals surface area contributed by atoms with Crippen molar-refractivity contribution in [2.75, 3.05) is 13.1 Å². The Morgan fingerprint density at radius 3 is 2.82 bits per heavy atom. The topological polar surface area (TPSA) is 55.1 Å². The Bertz CT molecular complexity index is 628. The van der Waals surface area contributed by atoms with Gasteiger partial charge in [0.15, 0.2) is 5.82 Å². The Labute approximate surface area is 135 Å². The van der Waals surface area contributed by atoms with Crippen LogP contribution in [0.5, 0.6) is 0 Å². The number of piperidine rings is 1. The van der Waals surface area contributed by atoms with E-state index in [2.05, 4.69) is 41.2 Å². The summed E-state index contributed by atoms with van der Waals surface area (Å²) in [6, 6.07) is 0. The highest BCUT2D eigenvalue weighted by Gasteiger charge is 2.26. The van der Waals surface area contributed by atoms with E-state index >= 15 is 0 Å². The number of aryl methyl sites for hydroxylation is 1. The Morgan fingerprint density at radius 1 is 1.36 bits per heavy atom. The lowest BCUT2D eigenvalue weighted by Crippen LogP contribution is -2.34. The lowest BCUT2D eigenvalue weighted by atomic mass is 9.97. The number of rotatable bonds is 3. The summed E-state index contributed by atoms with van der Waals surface area (Å²) in [6.07, 6.45) is 2.30. The predicted molar refractivity (Wildman–Crippen MR) is 87.1 cm³/mol. The normalized spacial score (nSPS) is 20.5. The maximum atomic E-state index is 5.35. The maximum Gasteiger partial charge on any atom is 0.231 e. The van der Waals surface area contributed by atoms with Gasteiger partial charge in [-0.15, -0.1) is 11.3 Å². The highest BCUT2D eigenvalue weighted by Crippen LogP contribution is 2.29. The van der Waals surface area contributed by atoms with E-state index in [0.717, 1.165) is 37.8 Å². The van der Waals surface area contributed by atoms with E-state index in [1.807, 2.05) is 6.92 Å². The molecule has 1 aliphatic rings. The maximum absolute atomic E-state index is 5.35. The minimum absolute atomic E-state index is 0.134. The van der Waals surface area contributed by atoms with Crippen LogP contribution in [0.1, 0.15) is 61.9 Å². The van der Waals surface area contributed by atoms with Gasteiger partial charge in [-0.1, -0.05) is 25.9 Å². The first-order valence-electron chi connectivity index (χ1n) is 7.89. The molecule has 0 unspecified atom stereocenters. The molecule has 1 saturated heterocycles. The summed E-state index contributed by atoms with van der Waals surface area (Å²) in [4.78, 5) is 11.7. The van der Waals surface area contributed by atoms with Crippen molar-refractivity contribution in [3.63, 3.8) is 0 Å². The second kappa shape index (κ2) is 6.08. The zero-order chi connectivity index (χ0) is 15.7. The van der Waals surface area contributed by atoms with Gasteiger partial charge in [0.2, 0.25) is 5.89 Å². The average molecular weight is 320 g/mol. The van der Waals surface area contributed by atoms with E-state index in [4.69, 9.17) is 9.51 Å². The number of aromatic nitrogens is 3. The van der Waals surface area contributed by atoms with Gasteiger partial charge < -0.3 is 4.52 Å². The molecule has 0 bridgehead atoms. The van der Waals surface area contributed by atoms with E-state index < -0.39 is 0 Å². The first kappa shape index (κ1) is 15.6. The fourth-order valence-corrected chi connectivity index (χ4v) is 3.73. The van der Waals surface area contributed by atoms with Crippen LogP contribution in [0.3, 0.4) is 0 Å². The predicted octanol–water partition coefficient (Wildman–Crippen LogP) is 3.51. The molecular formula is C16H24N4OS. The van der Waals surface area contributed by atoms with E-state index in [9.17, 15) is 0 Å². The van der Waals surface area contributed by atoms with Crippen molar-refractivity contribution in [2.45, 2.75) is 58.4 Å². The van der Waals surface area contributed by atoms with Crippen molar-refractivity contribution in [1.82, 2.24) is 20.0 Å². The van der Waals surface area contributed by atoms with Gasteiger partial charge in [-0.25, -0.2) is 4.98 Å². The van der Waals surface area contributed by atoms with E-state index in [1.165, 1.54) is 17.1 Å². The van der Waals surface area contributed by atoms with Gasteiger partial charge in [-0.05, 0) is 26.3 Å². The van der Waals surface area contributed by atoms with Gasteiger partial charge in [0.25, 0.3) is 0 Å². The Hall–Kier alpha value is -1.27. The first-order valence-corrected chi connectivity index (χ1v) is 8.77. The Morgan fingerprint density at radius 2 is 2.18 bits per heavy atom. The molecule has 2 aromatic heterocycles. The van der Waals surface area contributed by atoms with Crippen LogP contribution in [0.25, 0.3) is 0 Å². The van der Waals surface area contributed by atoms with Crippen LogP contribution < -0.4 is 0 Å². The lowest BCUT2D eigenvalue weighted by Gasteiger charge is -2.30. The van der Waals surface area contributed by atoms with Gasteiger partial charge in [0.1, 0.15) is 0 Å². The first-order chi connectivity index (χ1) is 10.4. The number of thiazole rings is 1. The fourth-order valence-electron chi connectivity index (χ4n) is 2.83. The van der Waals surface area contributed by atoms with Crippen LogP contribution in [-0.4, -0.2) is 33.1 Å². The molecule has 0 amide bonds. The number of hydrogen-bond donors (Lipinski definition) is 0. The van der Waals surface area contributed by atoms with Crippen molar-refractivity contribution in [1.29, 1.82) is 0 Å². The summed E-state index contributed by atoms with van der Waals surface area (Å²) in [7, 11) is 0. The molecule has 3 heterocycles. The molecule has 0 spiro atoms. The van der Waals surface area contributed by atoms with Gasteiger partial charge >= 0.3 is 0 Å². The molecule has 120 valence electrons. The summed E-state index contributed by atoms with van der Waals surface area (Å²) >= 11 is 1.77. The monoisotopic (exact) mass is 320 g/mol. The number of likely N-dealkylation sites (tertiary alicyclic amines) is 1. The van der Waals surface area contributed by atoms with E-state index in [1.54, 1.807) is 11.3 Å². The standard InChI is InChI=1S/C16H24N4OS/c1-11-17-14(21-19-11)12-6-5-7-20(8-12)9-13-10-22-15(18-13)16(2,3)4/h10,12H,5-9H2,1-4H3/t12-/m1/s1. The van der Waals surface area contributed by atoms with Crippen molar-refractivity contribution >= 4 is 11.3 Å². The molecule has 0 aliphatic carbocycles. The van der Waals surface area contributed by atoms with E-state index in [0.29, 0.717) is 5.92 Å². The molecule has 1 atom stereocenters. The summed E-state index contributed by atoms with van der Waals surface area (Å²) in [5, 5.41) is 7.32. The van der Waals surface area contributed by atoms with Crippen LogP contribution in [0, 0.1) is 6.92 Å². The highest BCUT2D eigenvalue weighted by molar-refractivity contribution is 7.09. The SMILES string of the molecule is Cc1noc([C@@H]2CCCN(Cc3csc(C(C)(C)C)n3)C2)n1. The molecule has 1 aliphatic heterocycles. The average Bonchev–Trinajstić information content (AvgIpc) is 3.08. The molecule has 1 fully saturated rings. The molecule has 0 radical (unpaired) electrons. The van der Waals surface area contributed by atoms with E-state index in [-0.39, 0.29) is 5.41 Å². The Balaban J connectivity index is 1.64. The van der Waals surface area contributed by atoms with Crippen LogP contribution in [0.4, 0.5) is 0 Å². The molecule has 0 aromatic carbocycles. The zero-order valence-electron chi connectivity index (χ0n) is 13.8. The summed E-state index contributed by atoms with van der Waals surface area (Å²) in [5.74, 6) is 1.87. The quantitative estimate of drug-likeness (QED) is 0.866. The van der Waals surface area contributed by atoms with Gasteiger partial charge in [0, 0.05) is 23.9 Å². The summed E-state index contributed by atoms with van der Waals surface area (Å²) in [6.45, 7) is 11.5. The van der Waals surface area contributed by atoms with Crippen molar-refractivity contribution in [3.05, 3.63) is 27.8 Å². The smallest absolute Gasteiger partial charge is 0.231 e. The van der Waals surface area contributed by atoms with Crippen molar-refractivity contribution in [3.8, 4) is 0 Å². The van der Waals surface area contributed by atoms with Crippen molar-refractivity contribution in [2.24, 2.45) is 0 Å². The molecule has 22 heavy (non-hydrogen) atoms. The third-order valence-corrected chi connectivity index (χ3v) is 5.29. The van der Waals surface area contributed by atoms with Crippen LogP contribution in [0.2, 0.25) is 0 Å². The largest absolute Gasteiger partial charge is 0.339 e. The minimum atomic E-state index is 0.134. The van der Waals surface area contributed by atoms with Gasteiger partial charge in [0.05, 0.1) is 16.6 Å². The second-order valence-electron chi connectivity index (χ2n) is 7.15. The Kier molecular flexibility index (Phi) is 4.32. The molecule has 2 aromatic rings. The van der Waals surface area contributed by atoms with Crippen LogP contribution in [-0.2, 0) is 12.0 Å². The minimum Gasteiger partial charge on any atom is -0.339 e. The fraction of sp³-hybridized carbons (Fsp3) is 0.688. The molecular weight excluding hydrogens is 296 g/mol. The molecule has 0 N–H and O–H groups in total. The molecule has 6 heteroatoms. The second-order valence-corrected chi connectivity index (χ2v) is 8.01. The van der Waals surface area contributed by atoms with Crippen LogP contribution in [0.15, 0.2) is 9.90 Å². The van der Waals surface area contributed by atoms with Gasteiger partial charge in [-0.3, -0.25) is 4.90 Å². The molecule has 3 rings (SSSR count). The molecule has 5 nitrogen and oxygen atoms in total. The highest BCUT2D eigenvalue weighted by atomic mass is 32.1. The third-order valence-electron chi connectivity index (χ3n) is 3.98. The third kappa shape index (κ3) is 3.55. The lowest BCUT2D eigenvalue weighted by molar-refractivity contribution is 0.178. The van der Waals surface area contributed by atoms with Gasteiger partial charge in [-0.2, -0.15) is 4.98 Å². The number of hydrogen-bond acceptors (Lipinski definition) is 6.